The van der Waals surface area contributed by atoms with Crippen LogP contribution in [0.15, 0.2) is 82.5 Å². The molecule has 0 saturated heterocycles. The summed E-state index contributed by atoms with van der Waals surface area (Å²) in [6.07, 6.45) is -4.59. The summed E-state index contributed by atoms with van der Waals surface area (Å²) in [7, 11) is -4.15. The zero-order chi connectivity index (χ0) is 22.2. The number of anilines is 1. The van der Waals surface area contributed by atoms with Gasteiger partial charge in [-0.1, -0.05) is 47.7 Å². The third kappa shape index (κ3) is 4.49. The molecule has 0 atom stereocenters. The fraction of sp³-hybridized carbons (Fsp3) is 0.0952. The van der Waals surface area contributed by atoms with Gasteiger partial charge < -0.3 is 0 Å². The van der Waals surface area contributed by atoms with Crippen molar-refractivity contribution in [1.29, 1.82) is 0 Å². The molecule has 4 rings (SSSR count). The number of thiazole rings is 1. The first-order valence-electron chi connectivity index (χ1n) is 9.01. The number of hydrogen-bond donors (Lipinski definition) is 1. The van der Waals surface area contributed by atoms with E-state index in [4.69, 9.17) is 0 Å². The highest BCUT2D eigenvalue weighted by molar-refractivity contribution is 7.92. The molecule has 0 spiro atoms. The lowest BCUT2D eigenvalue weighted by molar-refractivity contribution is -0.137. The first-order chi connectivity index (χ1) is 14.6. The van der Waals surface area contributed by atoms with E-state index in [0.717, 1.165) is 35.1 Å². The van der Waals surface area contributed by atoms with Crippen molar-refractivity contribution < 1.29 is 21.6 Å². The summed E-state index contributed by atoms with van der Waals surface area (Å²) in [5, 5.41) is 0. The third-order valence-electron chi connectivity index (χ3n) is 4.58. The number of hydrogen-bond acceptors (Lipinski definition) is 4. The van der Waals surface area contributed by atoms with Crippen LogP contribution in [0, 0.1) is 0 Å². The Morgan fingerprint density at radius 1 is 0.935 bits per heavy atom. The Hall–Kier alpha value is -3.11. The molecule has 3 aromatic carbocycles. The Balaban J connectivity index is 1.66. The predicted octanol–water partition coefficient (Wildman–Crippen LogP) is 4.93. The Bertz CT molecular complexity index is 1410. The van der Waals surface area contributed by atoms with E-state index in [9.17, 15) is 26.4 Å². The van der Waals surface area contributed by atoms with Crippen LogP contribution in [-0.2, 0) is 22.7 Å². The normalized spacial score (nSPS) is 12.2. The van der Waals surface area contributed by atoms with Gasteiger partial charge in [-0.25, -0.2) is 8.42 Å². The van der Waals surface area contributed by atoms with Crippen LogP contribution in [0.3, 0.4) is 0 Å². The van der Waals surface area contributed by atoms with E-state index in [1.807, 2.05) is 30.3 Å². The van der Waals surface area contributed by atoms with Crippen molar-refractivity contribution in [3.63, 3.8) is 0 Å². The molecule has 0 aliphatic carbocycles. The summed E-state index contributed by atoms with van der Waals surface area (Å²) >= 11 is 0.907. The van der Waals surface area contributed by atoms with Crippen LogP contribution in [0.2, 0.25) is 0 Å². The lowest BCUT2D eigenvalue weighted by Crippen LogP contribution is -2.14. The molecule has 1 aromatic heterocycles. The summed E-state index contributed by atoms with van der Waals surface area (Å²) < 4.78 is 68.3. The molecule has 0 unspecified atom stereocenters. The highest BCUT2D eigenvalue weighted by atomic mass is 32.2. The second kappa shape index (κ2) is 7.86. The molecule has 0 radical (unpaired) electrons. The topological polar surface area (TPSA) is 68.2 Å². The number of benzene rings is 3. The first kappa shape index (κ1) is 21.1. The van der Waals surface area contributed by atoms with E-state index in [2.05, 4.69) is 4.72 Å². The van der Waals surface area contributed by atoms with Gasteiger partial charge in [0, 0.05) is 5.69 Å². The van der Waals surface area contributed by atoms with Crippen molar-refractivity contribution in [3.05, 3.63) is 93.6 Å². The molecule has 1 heterocycles. The number of rotatable bonds is 5. The number of nitrogens with zero attached hydrogens (tertiary/aromatic N) is 1. The van der Waals surface area contributed by atoms with Crippen LogP contribution in [0.25, 0.3) is 10.2 Å². The van der Waals surface area contributed by atoms with Gasteiger partial charge in [-0.05, 0) is 42.0 Å². The standard InChI is InChI=1S/C21H15F3N2O3S2/c22-21(23,24)15-7-4-8-16(11-15)25-31(28,29)17-9-10-18-19(12-17)30-20(27)26(18)13-14-5-2-1-3-6-14/h1-12,25H,13H2. The average molecular weight is 464 g/mol. The maximum Gasteiger partial charge on any atom is 0.416 e. The van der Waals surface area contributed by atoms with Crippen molar-refractivity contribution in [1.82, 2.24) is 4.57 Å². The quantitative estimate of drug-likeness (QED) is 0.455. The number of aromatic nitrogens is 1. The minimum atomic E-state index is -4.59. The molecule has 0 fully saturated rings. The van der Waals surface area contributed by atoms with Crippen LogP contribution in [0.1, 0.15) is 11.1 Å². The molecule has 5 nitrogen and oxygen atoms in total. The monoisotopic (exact) mass is 464 g/mol. The van der Waals surface area contributed by atoms with Gasteiger partial charge in [0.1, 0.15) is 0 Å². The van der Waals surface area contributed by atoms with Gasteiger partial charge in [-0.15, -0.1) is 0 Å². The molecule has 4 aromatic rings. The van der Waals surface area contributed by atoms with E-state index in [1.54, 1.807) is 4.57 Å². The van der Waals surface area contributed by atoms with Crippen LogP contribution >= 0.6 is 11.3 Å². The van der Waals surface area contributed by atoms with Gasteiger partial charge >= 0.3 is 11.0 Å². The fourth-order valence-corrected chi connectivity index (χ4v) is 5.18. The lowest BCUT2D eigenvalue weighted by atomic mass is 10.2. The number of halogens is 3. The van der Waals surface area contributed by atoms with E-state index in [0.29, 0.717) is 16.8 Å². The van der Waals surface area contributed by atoms with Gasteiger partial charge in [0.15, 0.2) is 0 Å². The van der Waals surface area contributed by atoms with E-state index < -0.39 is 21.8 Å². The first-order valence-corrected chi connectivity index (χ1v) is 11.3. The minimum Gasteiger partial charge on any atom is -0.294 e. The molecule has 0 amide bonds. The van der Waals surface area contributed by atoms with Crippen molar-refractivity contribution in [2.75, 3.05) is 4.72 Å². The summed E-state index contributed by atoms with van der Waals surface area (Å²) in [6.45, 7) is 0.342. The van der Waals surface area contributed by atoms with E-state index in [-0.39, 0.29) is 15.5 Å². The van der Waals surface area contributed by atoms with Crippen LogP contribution < -0.4 is 9.60 Å². The number of sulfonamides is 1. The molecule has 0 aliphatic rings. The van der Waals surface area contributed by atoms with E-state index in [1.165, 1.54) is 24.3 Å². The van der Waals surface area contributed by atoms with Gasteiger partial charge in [0.2, 0.25) is 0 Å². The maximum absolute atomic E-state index is 12.9. The Morgan fingerprint density at radius 3 is 2.39 bits per heavy atom. The van der Waals surface area contributed by atoms with Crippen LogP contribution in [0.4, 0.5) is 18.9 Å². The molecule has 1 N–H and O–H groups in total. The molecule has 0 saturated carbocycles. The highest BCUT2D eigenvalue weighted by Crippen LogP contribution is 2.31. The van der Waals surface area contributed by atoms with Crippen molar-refractivity contribution in [2.45, 2.75) is 17.6 Å². The fourth-order valence-electron chi connectivity index (χ4n) is 3.10. The summed E-state index contributed by atoms with van der Waals surface area (Å²) in [5.74, 6) is 0. The Morgan fingerprint density at radius 2 is 1.68 bits per heavy atom. The van der Waals surface area contributed by atoms with Crippen LogP contribution in [0.5, 0.6) is 0 Å². The minimum absolute atomic E-state index is 0.148. The summed E-state index contributed by atoms with van der Waals surface area (Å²) in [6, 6.07) is 17.5. The van der Waals surface area contributed by atoms with Crippen molar-refractivity contribution in [3.8, 4) is 0 Å². The zero-order valence-electron chi connectivity index (χ0n) is 15.8. The SMILES string of the molecule is O=c1sc2cc(S(=O)(=O)Nc3cccc(C(F)(F)F)c3)ccc2n1Cc1ccccc1. The van der Waals surface area contributed by atoms with Gasteiger partial charge in [-0.2, -0.15) is 13.2 Å². The Kier molecular flexibility index (Phi) is 5.36. The lowest BCUT2D eigenvalue weighted by Gasteiger charge is -2.11. The van der Waals surface area contributed by atoms with E-state index >= 15 is 0 Å². The number of fused-ring (bicyclic) bond motifs is 1. The second-order valence-electron chi connectivity index (χ2n) is 6.75. The highest BCUT2D eigenvalue weighted by Gasteiger charge is 2.30. The summed E-state index contributed by atoms with van der Waals surface area (Å²) in [5.41, 5.74) is 0.341. The van der Waals surface area contributed by atoms with Crippen molar-refractivity contribution >= 4 is 37.3 Å². The van der Waals surface area contributed by atoms with Crippen molar-refractivity contribution in [2.24, 2.45) is 0 Å². The third-order valence-corrected chi connectivity index (χ3v) is 6.90. The molecule has 10 heteroatoms. The number of nitrogens with one attached hydrogen (secondary N) is 1. The molecule has 31 heavy (non-hydrogen) atoms. The molecular weight excluding hydrogens is 449 g/mol. The predicted molar refractivity (Wildman–Crippen MR) is 114 cm³/mol. The molecule has 0 aliphatic heterocycles. The molecule has 0 bridgehead atoms. The Labute approximate surface area is 179 Å². The molecule has 160 valence electrons. The van der Waals surface area contributed by atoms with Gasteiger partial charge in [-0.3, -0.25) is 14.1 Å². The molecular formula is C21H15F3N2O3S2. The zero-order valence-corrected chi connectivity index (χ0v) is 17.4. The van der Waals surface area contributed by atoms with Crippen LogP contribution in [-0.4, -0.2) is 13.0 Å². The average Bonchev–Trinajstić information content (AvgIpc) is 3.02. The summed E-state index contributed by atoms with van der Waals surface area (Å²) in [4.78, 5) is 12.1. The maximum atomic E-state index is 12.9. The number of alkyl halides is 3. The second-order valence-corrected chi connectivity index (χ2v) is 9.43. The van der Waals surface area contributed by atoms with Gasteiger partial charge in [0.25, 0.3) is 10.0 Å². The van der Waals surface area contributed by atoms with Gasteiger partial charge in [0.05, 0.1) is 27.2 Å². The largest absolute Gasteiger partial charge is 0.416 e. The smallest absolute Gasteiger partial charge is 0.294 e.